The summed E-state index contributed by atoms with van der Waals surface area (Å²) in [6.07, 6.45) is 2.96. The van der Waals surface area contributed by atoms with E-state index in [-0.39, 0.29) is 23.3 Å². The zero-order valence-electron chi connectivity index (χ0n) is 18.2. The number of imidazole rings is 1. The first-order valence-corrected chi connectivity index (χ1v) is 10.7. The molecule has 4 rings (SSSR count). The lowest BCUT2D eigenvalue weighted by Crippen LogP contribution is -2.47. The molecule has 8 nitrogen and oxygen atoms in total. The molecule has 2 heterocycles. The fraction of sp³-hybridized carbons (Fsp3) is 0.333. The lowest BCUT2D eigenvalue weighted by atomic mass is 9.89. The van der Waals surface area contributed by atoms with Crippen molar-refractivity contribution in [2.75, 3.05) is 24.5 Å². The second-order valence-corrected chi connectivity index (χ2v) is 8.06. The van der Waals surface area contributed by atoms with Crippen LogP contribution in [0, 0.1) is 5.92 Å². The first-order valence-electron chi connectivity index (χ1n) is 10.7. The van der Waals surface area contributed by atoms with E-state index in [2.05, 4.69) is 4.98 Å². The summed E-state index contributed by atoms with van der Waals surface area (Å²) < 4.78 is 1.92. The maximum Gasteiger partial charge on any atom is 0.335 e. The Morgan fingerprint density at radius 1 is 1.06 bits per heavy atom. The molecule has 1 N–H and O–H groups in total. The van der Waals surface area contributed by atoms with E-state index in [1.54, 1.807) is 28.3 Å². The number of carboxylic acids is 1. The molecule has 2 amide bonds. The molecule has 0 unspecified atom stereocenters. The van der Waals surface area contributed by atoms with E-state index in [0.717, 1.165) is 11.0 Å². The Morgan fingerprint density at radius 3 is 2.34 bits per heavy atom. The average Bonchev–Trinajstić information content (AvgIpc) is 3.19. The number of piperidine rings is 1. The largest absolute Gasteiger partial charge is 0.478 e. The number of Topliss-reactive ketones (excluding diaryl/α,β-unsaturated/α-hetero) is 1. The Morgan fingerprint density at radius 2 is 1.72 bits per heavy atom. The van der Waals surface area contributed by atoms with Crippen LogP contribution in [0.15, 0.2) is 48.8 Å². The number of fused-ring (bicyclic) bond motifs is 1. The summed E-state index contributed by atoms with van der Waals surface area (Å²) in [6.45, 7) is 3.36. The van der Waals surface area contributed by atoms with E-state index < -0.39 is 5.97 Å². The lowest BCUT2D eigenvalue weighted by molar-refractivity contribution is 0.0696. The number of amides is 2. The van der Waals surface area contributed by atoms with E-state index >= 15 is 0 Å². The number of rotatable bonds is 5. The highest BCUT2D eigenvalue weighted by Gasteiger charge is 2.30. The van der Waals surface area contributed by atoms with Crippen LogP contribution in [0.25, 0.3) is 11.0 Å². The second kappa shape index (κ2) is 8.82. The molecule has 1 aromatic heterocycles. The molecule has 8 heteroatoms. The summed E-state index contributed by atoms with van der Waals surface area (Å²) in [7, 11) is 1.92. The van der Waals surface area contributed by atoms with Crippen molar-refractivity contribution in [3.05, 3.63) is 59.9 Å². The van der Waals surface area contributed by atoms with Crippen LogP contribution < -0.4 is 4.90 Å². The van der Waals surface area contributed by atoms with Gasteiger partial charge in [-0.1, -0.05) is 0 Å². The number of carbonyl (C=O) groups is 3. The highest BCUT2D eigenvalue weighted by atomic mass is 16.4. The van der Waals surface area contributed by atoms with Gasteiger partial charge in [-0.05, 0) is 62.2 Å². The number of carbonyl (C=O) groups excluding carboxylic acids is 2. The van der Waals surface area contributed by atoms with Gasteiger partial charge in [-0.15, -0.1) is 0 Å². The van der Waals surface area contributed by atoms with E-state index in [1.807, 2.05) is 36.7 Å². The summed E-state index contributed by atoms with van der Waals surface area (Å²) in [4.78, 5) is 44.9. The van der Waals surface area contributed by atoms with Gasteiger partial charge in [0.25, 0.3) is 0 Å². The Kier molecular flexibility index (Phi) is 5.94. The summed E-state index contributed by atoms with van der Waals surface area (Å²) in [5, 5.41) is 9.07. The number of aromatic nitrogens is 2. The van der Waals surface area contributed by atoms with Crippen LogP contribution in [0.2, 0.25) is 0 Å². The van der Waals surface area contributed by atoms with E-state index in [0.29, 0.717) is 43.7 Å². The molecule has 0 radical (unpaired) electrons. The summed E-state index contributed by atoms with van der Waals surface area (Å²) in [5.41, 5.74) is 3.29. The number of benzene rings is 2. The summed E-state index contributed by atoms with van der Waals surface area (Å²) in [6, 6.07) is 11.8. The van der Waals surface area contributed by atoms with Crippen LogP contribution in [0.3, 0.4) is 0 Å². The van der Waals surface area contributed by atoms with Gasteiger partial charge in [0.2, 0.25) is 0 Å². The Labute approximate surface area is 186 Å². The minimum absolute atomic E-state index is 0.0984. The molecule has 0 aliphatic carbocycles. The third-order valence-electron chi connectivity index (χ3n) is 6.12. The van der Waals surface area contributed by atoms with Gasteiger partial charge in [-0.2, -0.15) is 0 Å². The Bertz CT molecular complexity index is 1160. The predicted octanol–water partition coefficient (Wildman–Crippen LogP) is 3.81. The number of urea groups is 1. The van der Waals surface area contributed by atoms with Crippen LogP contribution in [0.5, 0.6) is 0 Å². The van der Waals surface area contributed by atoms with Crippen molar-refractivity contribution in [2.24, 2.45) is 13.0 Å². The Hall–Kier alpha value is -3.68. The van der Waals surface area contributed by atoms with Gasteiger partial charge in [-0.3, -0.25) is 9.69 Å². The molecule has 3 aromatic rings. The monoisotopic (exact) mass is 434 g/mol. The maximum absolute atomic E-state index is 13.1. The molecule has 1 aliphatic heterocycles. The number of aryl methyl sites for hydroxylation is 1. The van der Waals surface area contributed by atoms with E-state index in [4.69, 9.17) is 5.11 Å². The fourth-order valence-electron chi connectivity index (χ4n) is 4.24. The molecule has 0 spiro atoms. The number of hydrogen-bond acceptors (Lipinski definition) is 4. The number of anilines is 1. The van der Waals surface area contributed by atoms with Gasteiger partial charge < -0.3 is 14.6 Å². The molecule has 0 atom stereocenters. The quantitative estimate of drug-likeness (QED) is 0.616. The van der Waals surface area contributed by atoms with Gasteiger partial charge >= 0.3 is 12.0 Å². The summed E-state index contributed by atoms with van der Waals surface area (Å²) in [5.74, 6) is -1.02. The molecule has 166 valence electrons. The van der Waals surface area contributed by atoms with Gasteiger partial charge in [0.05, 0.1) is 22.9 Å². The van der Waals surface area contributed by atoms with Crippen molar-refractivity contribution in [3.8, 4) is 0 Å². The van der Waals surface area contributed by atoms with Crippen molar-refractivity contribution in [1.29, 1.82) is 0 Å². The van der Waals surface area contributed by atoms with E-state index in [1.165, 1.54) is 12.1 Å². The molecule has 0 bridgehead atoms. The molecular formula is C24H26N4O4. The molecule has 32 heavy (non-hydrogen) atoms. The zero-order valence-corrected chi connectivity index (χ0v) is 18.2. The second-order valence-electron chi connectivity index (χ2n) is 8.06. The number of carboxylic acid groups (broad SMARTS) is 1. The molecule has 2 aromatic carbocycles. The third-order valence-corrected chi connectivity index (χ3v) is 6.12. The van der Waals surface area contributed by atoms with Crippen LogP contribution in [-0.4, -0.2) is 57.0 Å². The minimum Gasteiger partial charge on any atom is -0.478 e. The van der Waals surface area contributed by atoms with Crippen LogP contribution >= 0.6 is 0 Å². The number of ketones is 1. The van der Waals surface area contributed by atoms with Crippen LogP contribution in [0.1, 0.15) is 40.5 Å². The van der Waals surface area contributed by atoms with Crippen molar-refractivity contribution in [3.63, 3.8) is 0 Å². The van der Waals surface area contributed by atoms with Crippen molar-refractivity contribution < 1.29 is 19.5 Å². The van der Waals surface area contributed by atoms with Gasteiger partial charge in [0.15, 0.2) is 5.78 Å². The molecule has 1 aliphatic rings. The first-order chi connectivity index (χ1) is 15.4. The molecular weight excluding hydrogens is 408 g/mol. The molecule has 1 saturated heterocycles. The van der Waals surface area contributed by atoms with Crippen LogP contribution in [-0.2, 0) is 7.05 Å². The van der Waals surface area contributed by atoms with Crippen molar-refractivity contribution in [1.82, 2.24) is 14.5 Å². The minimum atomic E-state index is -1.00. The number of aromatic carboxylic acids is 1. The number of likely N-dealkylation sites (tertiary alicyclic amines) is 1. The summed E-state index contributed by atoms with van der Waals surface area (Å²) >= 11 is 0. The first kappa shape index (κ1) is 21.5. The lowest BCUT2D eigenvalue weighted by Gasteiger charge is -2.35. The highest BCUT2D eigenvalue weighted by molar-refractivity contribution is 6.00. The fourth-order valence-corrected chi connectivity index (χ4v) is 4.24. The number of nitrogens with zero attached hydrogens (tertiary/aromatic N) is 4. The van der Waals surface area contributed by atoms with Crippen LogP contribution in [0.4, 0.5) is 10.5 Å². The van der Waals surface area contributed by atoms with E-state index in [9.17, 15) is 14.4 Å². The van der Waals surface area contributed by atoms with Crippen molar-refractivity contribution in [2.45, 2.75) is 19.8 Å². The molecule has 1 fully saturated rings. The average molecular weight is 434 g/mol. The number of hydrogen-bond donors (Lipinski definition) is 1. The van der Waals surface area contributed by atoms with Gasteiger partial charge in [-0.25, -0.2) is 14.6 Å². The smallest absolute Gasteiger partial charge is 0.335 e. The standard InChI is InChI=1S/C24H26N4O4/c1-3-28(19-7-4-17(5-8-19)23(30)31)24(32)27-12-10-16(11-13-27)22(29)18-6-9-21-20(14-18)25-15-26(21)2/h4-9,14-16H,3,10-13H2,1-2H3,(H,30,31). The molecule has 0 saturated carbocycles. The highest BCUT2D eigenvalue weighted by Crippen LogP contribution is 2.25. The maximum atomic E-state index is 13.1. The SMILES string of the molecule is CCN(C(=O)N1CCC(C(=O)c2ccc3c(c2)ncn3C)CC1)c1ccc(C(=O)O)cc1. The predicted molar refractivity (Wildman–Crippen MR) is 121 cm³/mol. The normalized spacial score (nSPS) is 14.5. The van der Waals surface area contributed by atoms with Gasteiger partial charge in [0, 0.05) is 43.9 Å². The zero-order chi connectivity index (χ0) is 22.8. The Balaban J connectivity index is 1.40. The van der Waals surface area contributed by atoms with Gasteiger partial charge in [0.1, 0.15) is 0 Å². The van der Waals surface area contributed by atoms with Crippen molar-refractivity contribution >= 4 is 34.5 Å². The topological polar surface area (TPSA) is 95.7 Å². The third kappa shape index (κ3) is 4.08.